The standard InChI is InChI=1S/C15H10O6.H2S/c16-8-4-11(19)15-12(20)6-13(21-14(15)5-8)7-1-2-9(17)10(18)3-7;/h1-6,16-19H;1H2. The Morgan fingerprint density at radius 1 is 0.818 bits per heavy atom. The van der Waals surface area contributed by atoms with Crippen LogP contribution >= 0.6 is 13.5 Å². The highest BCUT2D eigenvalue weighted by Crippen LogP contribution is 2.33. The van der Waals surface area contributed by atoms with Crippen LogP contribution in [0.1, 0.15) is 0 Å². The number of phenolic OH excluding ortho intramolecular Hbond substituents is 4. The molecule has 0 atom stereocenters. The molecule has 22 heavy (non-hydrogen) atoms. The molecule has 1 heterocycles. The smallest absolute Gasteiger partial charge is 0.197 e. The Hall–Kier alpha value is -2.80. The molecule has 0 aliphatic carbocycles. The summed E-state index contributed by atoms with van der Waals surface area (Å²) in [4.78, 5) is 12.0. The zero-order valence-corrected chi connectivity index (χ0v) is 12.1. The molecule has 114 valence electrons. The Labute approximate surface area is 131 Å². The lowest BCUT2D eigenvalue weighted by molar-refractivity contribution is 0.404. The van der Waals surface area contributed by atoms with Gasteiger partial charge in [-0.25, -0.2) is 0 Å². The Bertz CT molecular complexity index is 916. The third-order valence-electron chi connectivity index (χ3n) is 3.05. The highest BCUT2D eigenvalue weighted by atomic mass is 32.1. The maximum atomic E-state index is 12.0. The van der Waals surface area contributed by atoms with Gasteiger partial charge in [-0.15, -0.1) is 0 Å². The number of rotatable bonds is 1. The van der Waals surface area contributed by atoms with Gasteiger partial charge in [0.25, 0.3) is 0 Å². The van der Waals surface area contributed by atoms with Gasteiger partial charge in [-0.1, -0.05) is 0 Å². The van der Waals surface area contributed by atoms with Crippen LogP contribution in [0.15, 0.2) is 45.6 Å². The number of hydrogen-bond acceptors (Lipinski definition) is 6. The zero-order chi connectivity index (χ0) is 15.1. The molecule has 3 rings (SSSR count). The summed E-state index contributed by atoms with van der Waals surface area (Å²) >= 11 is 0. The van der Waals surface area contributed by atoms with Crippen LogP contribution in [0, 0.1) is 0 Å². The lowest BCUT2D eigenvalue weighted by atomic mass is 10.1. The largest absolute Gasteiger partial charge is 0.508 e. The van der Waals surface area contributed by atoms with Crippen LogP contribution < -0.4 is 5.43 Å². The van der Waals surface area contributed by atoms with Gasteiger partial charge >= 0.3 is 0 Å². The van der Waals surface area contributed by atoms with Crippen molar-refractivity contribution in [2.45, 2.75) is 0 Å². The highest BCUT2D eigenvalue weighted by Gasteiger charge is 2.13. The number of phenols is 4. The van der Waals surface area contributed by atoms with Gasteiger partial charge < -0.3 is 24.8 Å². The third kappa shape index (κ3) is 2.53. The van der Waals surface area contributed by atoms with Crippen molar-refractivity contribution in [1.82, 2.24) is 0 Å². The molecule has 0 unspecified atom stereocenters. The minimum Gasteiger partial charge on any atom is -0.508 e. The predicted octanol–water partition coefficient (Wildman–Crippen LogP) is 2.40. The van der Waals surface area contributed by atoms with Crippen LogP contribution in [-0.4, -0.2) is 20.4 Å². The molecule has 3 aromatic rings. The van der Waals surface area contributed by atoms with E-state index in [0.717, 1.165) is 12.1 Å². The maximum Gasteiger partial charge on any atom is 0.197 e. The lowest BCUT2D eigenvalue weighted by Crippen LogP contribution is -2.00. The molecule has 1 aromatic heterocycles. The van der Waals surface area contributed by atoms with E-state index in [0.29, 0.717) is 5.56 Å². The molecule has 0 spiro atoms. The van der Waals surface area contributed by atoms with Crippen LogP contribution in [0.5, 0.6) is 23.0 Å². The van der Waals surface area contributed by atoms with Crippen molar-refractivity contribution in [3.63, 3.8) is 0 Å². The second-order valence-electron chi connectivity index (χ2n) is 4.52. The van der Waals surface area contributed by atoms with E-state index in [1.54, 1.807) is 0 Å². The van der Waals surface area contributed by atoms with Gasteiger partial charge in [0.15, 0.2) is 16.9 Å². The molecule has 0 saturated carbocycles. The van der Waals surface area contributed by atoms with E-state index in [9.17, 15) is 25.2 Å². The molecule has 0 aliphatic rings. The Kier molecular flexibility index (Phi) is 3.92. The summed E-state index contributed by atoms with van der Waals surface area (Å²) in [6, 6.07) is 7.37. The third-order valence-corrected chi connectivity index (χ3v) is 3.05. The fourth-order valence-electron chi connectivity index (χ4n) is 2.07. The van der Waals surface area contributed by atoms with Crippen molar-refractivity contribution < 1.29 is 24.8 Å². The van der Waals surface area contributed by atoms with Crippen LogP contribution in [0.2, 0.25) is 0 Å². The summed E-state index contributed by atoms with van der Waals surface area (Å²) in [7, 11) is 0. The maximum absolute atomic E-state index is 12.0. The molecular weight excluding hydrogens is 308 g/mol. The topological polar surface area (TPSA) is 111 Å². The molecule has 2 aromatic carbocycles. The summed E-state index contributed by atoms with van der Waals surface area (Å²) in [6.45, 7) is 0. The summed E-state index contributed by atoms with van der Waals surface area (Å²) in [5.74, 6) is -1.13. The first kappa shape index (κ1) is 15.6. The number of hydrogen-bond donors (Lipinski definition) is 4. The van der Waals surface area contributed by atoms with E-state index in [4.69, 9.17) is 4.42 Å². The summed E-state index contributed by atoms with van der Waals surface area (Å²) in [5.41, 5.74) is -0.106. The minimum absolute atomic E-state index is 0. The first-order valence-electron chi connectivity index (χ1n) is 5.98. The average Bonchev–Trinajstić information content (AvgIpc) is 2.40. The molecule has 0 radical (unpaired) electrons. The number of aromatic hydroxyl groups is 4. The molecule has 7 heteroatoms. The normalized spacial score (nSPS) is 10.4. The van der Waals surface area contributed by atoms with Gasteiger partial charge in [-0.05, 0) is 18.2 Å². The quantitative estimate of drug-likeness (QED) is 0.512. The Morgan fingerprint density at radius 3 is 2.23 bits per heavy atom. The molecule has 6 nitrogen and oxygen atoms in total. The summed E-state index contributed by atoms with van der Waals surface area (Å²) < 4.78 is 5.47. The first-order valence-corrected chi connectivity index (χ1v) is 5.98. The van der Waals surface area contributed by atoms with E-state index in [2.05, 4.69) is 0 Å². The molecule has 0 aliphatic heterocycles. The second-order valence-corrected chi connectivity index (χ2v) is 4.52. The molecular formula is C15H12O6S. The second kappa shape index (κ2) is 5.53. The number of benzene rings is 2. The predicted molar refractivity (Wildman–Crippen MR) is 85.0 cm³/mol. The molecule has 4 N–H and O–H groups in total. The van der Waals surface area contributed by atoms with Crippen molar-refractivity contribution in [1.29, 1.82) is 0 Å². The van der Waals surface area contributed by atoms with Crippen LogP contribution in [-0.2, 0) is 0 Å². The van der Waals surface area contributed by atoms with E-state index < -0.39 is 5.43 Å². The van der Waals surface area contributed by atoms with Gasteiger partial charge in [0, 0.05) is 23.8 Å². The van der Waals surface area contributed by atoms with Gasteiger partial charge in [0.2, 0.25) is 0 Å². The zero-order valence-electron chi connectivity index (χ0n) is 11.1. The first-order chi connectivity index (χ1) is 9.95. The van der Waals surface area contributed by atoms with Crippen molar-refractivity contribution in [2.24, 2.45) is 0 Å². The van der Waals surface area contributed by atoms with Crippen molar-refractivity contribution in [3.05, 3.63) is 46.6 Å². The van der Waals surface area contributed by atoms with Crippen molar-refractivity contribution >= 4 is 24.5 Å². The monoisotopic (exact) mass is 320 g/mol. The van der Waals surface area contributed by atoms with E-state index in [1.807, 2.05) is 0 Å². The number of fused-ring (bicyclic) bond motifs is 1. The Morgan fingerprint density at radius 2 is 1.55 bits per heavy atom. The van der Waals surface area contributed by atoms with Gasteiger partial charge in [-0.2, -0.15) is 13.5 Å². The fraction of sp³-hybridized carbons (Fsp3) is 0. The molecule has 0 bridgehead atoms. The highest BCUT2D eigenvalue weighted by molar-refractivity contribution is 7.59. The molecule has 0 saturated heterocycles. The lowest BCUT2D eigenvalue weighted by Gasteiger charge is -2.06. The van der Waals surface area contributed by atoms with Crippen LogP contribution in [0.25, 0.3) is 22.3 Å². The van der Waals surface area contributed by atoms with E-state index >= 15 is 0 Å². The van der Waals surface area contributed by atoms with Crippen LogP contribution in [0.3, 0.4) is 0 Å². The molecule has 0 amide bonds. The fourth-order valence-corrected chi connectivity index (χ4v) is 2.07. The molecule has 0 fully saturated rings. The van der Waals surface area contributed by atoms with E-state index in [1.165, 1.54) is 24.3 Å². The van der Waals surface area contributed by atoms with Gasteiger partial charge in [0.1, 0.15) is 28.2 Å². The summed E-state index contributed by atoms with van der Waals surface area (Å²) in [5, 5.41) is 37.9. The van der Waals surface area contributed by atoms with Crippen molar-refractivity contribution in [2.75, 3.05) is 0 Å². The van der Waals surface area contributed by atoms with Gasteiger partial charge in [0.05, 0.1) is 0 Å². The van der Waals surface area contributed by atoms with Gasteiger partial charge in [-0.3, -0.25) is 4.79 Å². The summed E-state index contributed by atoms with van der Waals surface area (Å²) in [6.07, 6.45) is 0. The Balaban J connectivity index is 0.00000176. The van der Waals surface area contributed by atoms with Crippen LogP contribution in [0.4, 0.5) is 0 Å². The average molecular weight is 320 g/mol. The van der Waals surface area contributed by atoms with Crippen molar-refractivity contribution in [3.8, 4) is 34.3 Å². The minimum atomic E-state index is -0.490. The van der Waals surface area contributed by atoms with E-state index in [-0.39, 0.29) is 53.2 Å². The SMILES string of the molecule is O=c1cc(-c2ccc(O)c(O)c2)oc2cc(O)cc(O)c12.S.